The van der Waals surface area contributed by atoms with Crippen LogP contribution in [0, 0.1) is 10.8 Å². The minimum atomic E-state index is -0.402. The van der Waals surface area contributed by atoms with E-state index in [1.165, 1.54) is 22.3 Å². The maximum atomic E-state index is 7.40. The van der Waals surface area contributed by atoms with Gasteiger partial charge in [-0.15, -0.1) is 0 Å². The fourth-order valence-electron chi connectivity index (χ4n) is 7.21. The number of hydrogen-bond acceptors (Lipinski definition) is 0. The van der Waals surface area contributed by atoms with E-state index in [2.05, 4.69) is 114 Å². The predicted octanol–water partition coefficient (Wildman–Crippen LogP) is 9.82. The molecule has 1 aliphatic rings. The standard InChI is InChI=1S/C32H32Cl2/c1-29(2,3)31(21-15-9-7-10-16-21)25-26(28(34)24-20-14-13-19-23(24)27(25)33)32(31,30(4,5)6)22-17-11-8-12-18-22/h7-20H,1-6H3. The highest BCUT2D eigenvalue weighted by Gasteiger charge is 2.74. The van der Waals surface area contributed by atoms with E-state index < -0.39 is 10.8 Å². The van der Waals surface area contributed by atoms with Gasteiger partial charge in [-0.25, -0.2) is 0 Å². The maximum Gasteiger partial charge on any atom is 0.0530 e. The number of benzene rings is 4. The Morgan fingerprint density at radius 1 is 0.471 bits per heavy atom. The van der Waals surface area contributed by atoms with Crippen molar-refractivity contribution in [2.24, 2.45) is 10.8 Å². The van der Waals surface area contributed by atoms with E-state index in [9.17, 15) is 0 Å². The second-order valence-electron chi connectivity index (χ2n) is 11.7. The van der Waals surface area contributed by atoms with E-state index >= 15 is 0 Å². The normalized spacial score (nSPS) is 22.4. The summed E-state index contributed by atoms with van der Waals surface area (Å²) in [5.41, 5.74) is 3.77. The van der Waals surface area contributed by atoms with Crippen molar-refractivity contribution in [3.8, 4) is 0 Å². The van der Waals surface area contributed by atoms with E-state index in [4.69, 9.17) is 23.2 Å². The molecule has 0 radical (unpaired) electrons. The Morgan fingerprint density at radius 2 is 0.765 bits per heavy atom. The van der Waals surface area contributed by atoms with Crippen LogP contribution in [-0.4, -0.2) is 0 Å². The van der Waals surface area contributed by atoms with Gasteiger partial charge in [0, 0.05) is 21.6 Å². The van der Waals surface area contributed by atoms with Crippen molar-refractivity contribution in [1.82, 2.24) is 0 Å². The molecule has 4 aromatic carbocycles. The number of hydrogen-bond donors (Lipinski definition) is 0. The van der Waals surface area contributed by atoms with Gasteiger partial charge in [-0.2, -0.15) is 0 Å². The molecule has 0 saturated heterocycles. The molecule has 2 unspecified atom stereocenters. The first-order chi connectivity index (χ1) is 16.0. The molecule has 2 atom stereocenters. The number of rotatable bonds is 2. The smallest absolute Gasteiger partial charge is 0.0530 e. The van der Waals surface area contributed by atoms with Gasteiger partial charge in [-0.05, 0) is 33.1 Å². The number of halogens is 2. The van der Waals surface area contributed by atoms with Crippen LogP contribution in [0.25, 0.3) is 10.8 Å². The first-order valence-electron chi connectivity index (χ1n) is 12.0. The molecule has 0 bridgehead atoms. The Balaban J connectivity index is 2.13. The summed E-state index contributed by atoms with van der Waals surface area (Å²) in [5, 5.41) is 3.69. The van der Waals surface area contributed by atoms with Gasteiger partial charge in [0.2, 0.25) is 0 Å². The molecule has 0 spiro atoms. The Morgan fingerprint density at radius 3 is 1.06 bits per heavy atom. The topological polar surface area (TPSA) is 0 Å². The van der Waals surface area contributed by atoms with Gasteiger partial charge < -0.3 is 0 Å². The van der Waals surface area contributed by atoms with E-state index in [1.807, 2.05) is 12.1 Å². The summed E-state index contributed by atoms with van der Waals surface area (Å²) in [7, 11) is 0. The monoisotopic (exact) mass is 486 g/mol. The molecule has 0 saturated carbocycles. The molecule has 5 rings (SSSR count). The van der Waals surface area contributed by atoms with E-state index in [1.54, 1.807) is 0 Å². The quantitative estimate of drug-likeness (QED) is 0.264. The highest BCUT2D eigenvalue weighted by molar-refractivity contribution is 6.42. The van der Waals surface area contributed by atoms with Gasteiger partial charge >= 0.3 is 0 Å². The molecule has 0 heterocycles. The zero-order valence-electron chi connectivity index (χ0n) is 20.8. The molecule has 0 aromatic heterocycles. The fourth-order valence-corrected chi connectivity index (χ4v) is 8.01. The summed E-state index contributed by atoms with van der Waals surface area (Å²) >= 11 is 14.8. The van der Waals surface area contributed by atoms with Gasteiger partial charge in [-0.1, -0.05) is 150 Å². The third kappa shape index (κ3) is 2.68. The lowest BCUT2D eigenvalue weighted by Gasteiger charge is -2.71. The third-order valence-electron chi connectivity index (χ3n) is 8.07. The van der Waals surface area contributed by atoms with Crippen LogP contribution >= 0.6 is 23.2 Å². The summed E-state index contributed by atoms with van der Waals surface area (Å²) in [6.07, 6.45) is 0. The van der Waals surface area contributed by atoms with Gasteiger partial charge in [0.25, 0.3) is 0 Å². The molecular formula is C32H32Cl2. The third-order valence-corrected chi connectivity index (χ3v) is 8.85. The summed E-state index contributed by atoms with van der Waals surface area (Å²) in [6.45, 7) is 14.1. The first kappa shape index (κ1) is 23.5. The van der Waals surface area contributed by atoms with Crippen LogP contribution in [0.15, 0.2) is 84.9 Å². The second-order valence-corrected chi connectivity index (χ2v) is 12.4. The Labute approximate surface area is 213 Å². The molecule has 1 aliphatic carbocycles. The van der Waals surface area contributed by atoms with Gasteiger partial charge in [0.05, 0.1) is 10.0 Å². The van der Waals surface area contributed by atoms with Crippen molar-refractivity contribution in [3.05, 3.63) is 117 Å². The summed E-state index contributed by atoms with van der Waals surface area (Å²) in [4.78, 5) is 0. The molecular weight excluding hydrogens is 455 g/mol. The molecule has 0 N–H and O–H groups in total. The molecule has 0 aliphatic heterocycles. The average molecular weight is 488 g/mol. The highest BCUT2D eigenvalue weighted by atomic mass is 35.5. The molecule has 2 heteroatoms. The van der Waals surface area contributed by atoms with Gasteiger partial charge in [0.1, 0.15) is 0 Å². The highest BCUT2D eigenvalue weighted by Crippen LogP contribution is 2.77. The van der Waals surface area contributed by atoms with E-state index in [-0.39, 0.29) is 10.8 Å². The number of fused-ring (bicyclic) bond motifs is 2. The van der Waals surface area contributed by atoms with Crippen LogP contribution < -0.4 is 0 Å². The van der Waals surface area contributed by atoms with Crippen molar-refractivity contribution in [1.29, 1.82) is 0 Å². The van der Waals surface area contributed by atoms with Crippen molar-refractivity contribution < 1.29 is 0 Å². The van der Waals surface area contributed by atoms with Gasteiger partial charge in [-0.3, -0.25) is 0 Å². The van der Waals surface area contributed by atoms with Crippen molar-refractivity contribution in [2.75, 3.05) is 0 Å². The fraction of sp³-hybridized carbons (Fsp3) is 0.312. The van der Waals surface area contributed by atoms with E-state index in [0.29, 0.717) is 0 Å². The van der Waals surface area contributed by atoms with Crippen molar-refractivity contribution >= 4 is 34.0 Å². The minimum Gasteiger partial charge on any atom is -0.0833 e. The molecule has 4 aromatic rings. The lowest BCUT2D eigenvalue weighted by Crippen LogP contribution is -2.70. The molecule has 34 heavy (non-hydrogen) atoms. The van der Waals surface area contributed by atoms with Crippen LogP contribution in [0.3, 0.4) is 0 Å². The zero-order chi connectivity index (χ0) is 24.5. The summed E-state index contributed by atoms with van der Waals surface area (Å²) in [5.74, 6) is 0. The molecule has 0 nitrogen and oxygen atoms in total. The maximum absolute atomic E-state index is 7.40. The van der Waals surface area contributed by atoms with E-state index in [0.717, 1.165) is 20.8 Å². The summed E-state index contributed by atoms with van der Waals surface area (Å²) < 4.78 is 0. The van der Waals surface area contributed by atoms with Crippen molar-refractivity contribution in [3.63, 3.8) is 0 Å². The molecule has 0 fully saturated rings. The van der Waals surface area contributed by atoms with Crippen molar-refractivity contribution in [2.45, 2.75) is 52.4 Å². The summed E-state index contributed by atoms with van der Waals surface area (Å²) in [6, 6.07) is 30.2. The van der Waals surface area contributed by atoms with Crippen LogP contribution in [0.5, 0.6) is 0 Å². The first-order valence-corrected chi connectivity index (χ1v) is 12.8. The Hall–Kier alpha value is -2.28. The minimum absolute atomic E-state index is 0.167. The molecule has 0 amide bonds. The van der Waals surface area contributed by atoms with Crippen LogP contribution in [-0.2, 0) is 10.8 Å². The molecule has 174 valence electrons. The van der Waals surface area contributed by atoms with Gasteiger partial charge in [0.15, 0.2) is 0 Å². The Bertz CT molecular complexity index is 1270. The zero-order valence-corrected chi connectivity index (χ0v) is 22.4. The SMILES string of the molecule is CC(C)(C)C1(c2ccccc2)c2c(c(Cl)c3ccccc3c2Cl)C1(c1ccccc1)C(C)(C)C. The Kier molecular flexibility index (Phi) is 5.25. The average Bonchev–Trinajstić information content (AvgIpc) is 2.77. The second kappa shape index (κ2) is 7.61. The van der Waals surface area contributed by atoms with Crippen LogP contribution in [0.1, 0.15) is 63.8 Å². The lowest BCUT2D eigenvalue weighted by atomic mass is 9.30. The van der Waals surface area contributed by atoms with Crippen LogP contribution in [0.2, 0.25) is 10.0 Å². The van der Waals surface area contributed by atoms with Crippen LogP contribution in [0.4, 0.5) is 0 Å². The predicted molar refractivity (Wildman–Crippen MR) is 147 cm³/mol. The largest absolute Gasteiger partial charge is 0.0833 e. The lowest BCUT2D eigenvalue weighted by molar-refractivity contribution is 0.0186.